The summed E-state index contributed by atoms with van der Waals surface area (Å²) in [7, 11) is 0. The monoisotopic (exact) mass is 289 g/mol. The van der Waals surface area contributed by atoms with Crippen LogP contribution >= 0.6 is 0 Å². The zero-order valence-electron chi connectivity index (χ0n) is 13.3. The Morgan fingerprint density at radius 1 is 1.24 bits per heavy atom. The third-order valence-corrected chi connectivity index (χ3v) is 3.54. The van der Waals surface area contributed by atoms with Gasteiger partial charge >= 0.3 is 0 Å². The SMILES string of the molecule is CCCN(CCC)C(=O)c1cc(CC)nc2onc(C)c12. The van der Waals surface area contributed by atoms with Crippen molar-refractivity contribution in [2.45, 2.75) is 47.0 Å². The fourth-order valence-corrected chi connectivity index (χ4v) is 2.52. The number of carbonyl (C=O) groups excluding carboxylic acids is 1. The van der Waals surface area contributed by atoms with Crippen LogP contribution in [0.1, 0.15) is 55.4 Å². The van der Waals surface area contributed by atoms with Gasteiger partial charge in [-0.3, -0.25) is 4.79 Å². The number of rotatable bonds is 6. The van der Waals surface area contributed by atoms with Gasteiger partial charge in [-0.05, 0) is 32.3 Å². The number of aryl methyl sites for hydroxylation is 2. The third-order valence-electron chi connectivity index (χ3n) is 3.54. The molecule has 0 bridgehead atoms. The van der Waals surface area contributed by atoms with Gasteiger partial charge in [0.25, 0.3) is 11.6 Å². The molecule has 0 atom stereocenters. The van der Waals surface area contributed by atoms with E-state index in [1.54, 1.807) is 0 Å². The molecule has 0 aliphatic rings. The van der Waals surface area contributed by atoms with E-state index in [1.165, 1.54) is 0 Å². The van der Waals surface area contributed by atoms with Gasteiger partial charge in [-0.2, -0.15) is 0 Å². The Morgan fingerprint density at radius 2 is 1.90 bits per heavy atom. The van der Waals surface area contributed by atoms with E-state index in [0.29, 0.717) is 11.3 Å². The second-order valence-electron chi connectivity index (χ2n) is 5.26. The Labute approximate surface area is 125 Å². The molecular formula is C16H23N3O2. The van der Waals surface area contributed by atoms with Crippen LogP contribution in [0.5, 0.6) is 0 Å². The summed E-state index contributed by atoms with van der Waals surface area (Å²) in [5, 5.41) is 4.70. The Balaban J connectivity index is 2.52. The van der Waals surface area contributed by atoms with E-state index in [0.717, 1.165) is 49.1 Å². The Hall–Kier alpha value is -1.91. The lowest BCUT2D eigenvalue weighted by Gasteiger charge is -2.22. The zero-order chi connectivity index (χ0) is 15.4. The lowest BCUT2D eigenvalue weighted by molar-refractivity contribution is 0.0757. The van der Waals surface area contributed by atoms with Crippen LogP contribution in [-0.4, -0.2) is 34.0 Å². The highest BCUT2D eigenvalue weighted by Gasteiger charge is 2.22. The van der Waals surface area contributed by atoms with E-state index in [2.05, 4.69) is 24.0 Å². The minimum absolute atomic E-state index is 0.0482. The Kier molecular flexibility index (Phi) is 4.94. The first-order valence-electron chi connectivity index (χ1n) is 7.67. The number of hydrogen-bond donors (Lipinski definition) is 0. The molecule has 0 unspecified atom stereocenters. The number of pyridine rings is 1. The summed E-state index contributed by atoms with van der Waals surface area (Å²) in [5.41, 5.74) is 2.70. The molecule has 2 aromatic rings. The summed E-state index contributed by atoms with van der Waals surface area (Å²) in [6.45, 7) is 9.56. The van der Waals surface area contributed by atoms with E-state index in [1.807, 2.05) is 24.8 Å². The molecule has 5 nitrogen and oxygen atoms in total. The molecule has 5 heteroatoms. The van der Waals surface area contributed by atoms with Crippen molar-refractivity contribution in [3.63, 3.8) is 0 Å². The molecule has 0 aliphatic carbocycles. The predicted octanol–water partition coefficient (Wildman–Crippen LogP) is 3.36. The minimum atomic E-state index is 0.0482. The van der Waals surface area contributed by atoms with Gasteiger partial charge in [-0.15, -0.1) is 0 Å². The molecule has 0 radical (unpaired) electrons. The number of carbonyl (C=O) groups is 1. The maximum absolute atomic E-state index is 12.9. The van der Waals surface area contributed by atoms with E-state index >= 15 is 0 Å². The lowest BCUT2D eigenvalue weighted by Crippen LogP contribution is -2.32. The normalized spacial score (nSPS) is 11.0. The quantitative estimate of drug-likeness (QED) is 0.818. The molecular weight excluding hydrogens is 266 g/mol. The van der Waals surface area contributed by atoms with Crippen molar-refractivity contribution in [2.75, 3.05) is 13.1 Å². The maximum Gasteiger partial charge on any atom is 0.258 e. The second kappa shape index (κ2) is 6.70. The van der Waals surface area contributed by atoms with Crippen LogP contribution in [0.25, 0.3) is 11.1 Å². The van der Waals surface area contributed by atoms with Crippen LogP contribution in [0.3, 0.4) is 0 Å². The van der Waals surface area contributed by atoms with Gasteiger partial charge in [0.2, 0.25) is 0 Å². The summed E-state index contributed by atoms with van der Waals surface area (Å²) in [6.07, 6.45) is 2.66. The lowest BCUT2D eigenvalue weighted by atomic mass is 10.1. The van der Waals surface area contributed by atoms with E-state index in [-0.39, 0.29) is 5.91 Å². The molecule has 114 valence electrons. The summed E-state index contributed by atoms with van der Waals surface area (Å²) < 4.78 is 5.25. The van der Waals surface area contributed by atoms with Crippen molar-refractivity contribution in [3.05, 3.63) is 23.0 Å². The zero-order valence-corrected chi connectivity index (χ0v) is 13.3. The molecule has 0 saturated heterocycles. The van der Waals surface area contributed by atoms with Gasteiger partial charge in [-0.25, -0.2) is 4.98 Å². The number of fused-ring (bicyclic) bond motifs is 1. The van der Waals surface area contributed by atoms with Gasteiger partial charge < -0.3 is 9.42 Å². The molecule has 1 amide bonds. The first-order chi connectivity index (χ1) is 10.1. The minimum Gasteiger partial charge on any atom is -0.339 e. The largest absolute Gasteiger partial charge is 0.339 e. The summed E-state index contributed by atoms with van der Waals surface area (Å²) in [5.74, 6) is 0.0482. The van der Waals surface area contributed by atoms with Crippen LogP contribution in [0.4, 0.5) is 0 Å². The number of aromatic nitrogens is 2. The molecule has 0 aliphatic heterocycles. The highest BCUT2D eigenvalue weighted by Crippen LogP contribution is 2.23. The second-order valence-corrected chi connectivity index (χ2v) is 5.26. The van der Waals surface area contributed by atoms with Crippen molar-refractivity contribution in [1.82, 2.24) is 15.0 Å². The van der Waals surface area contributed by atoms with Crippen molar-refractivity contribution in [2.24, 2.45) is 0 Å². The average Bonchev–Trinajstić information content (AvgIpc) is 2.87. The first-order valence-corrected chi connectivity index (χ1v) is 7.67. The molecule has 0 N–H and O–H groups in total. The highest BCUT2D eigenvalue weighted by molar-refractivity contribution is 6.06. The van der Waals surface area contributed by atoms with E-state index in [9.17, 15) is 4.79 Å². The van der Waals surface area contributed by atoms with Crippen molar-refractivity contribution >= 4 is 17.0 Å². The smallest absolute Gasteiger partial charge is 0.258 e. The van der Waals surface area contributed by atoms with Crippen LogP contribution in [0.2, 0.25) is 0 Å². The molecule has 0 fully saturated rings. The molecule has 0 spiro atoms. The molecule has 2 heterocycles. The highest BCUT2D eigenvalue weighted by atomic mass is 16.5. The van der Waals surface area contributed by atoms with Crippen molar-refractivity contribution in [1.29, 1.82) is 0 Å². The van der Waals surface area contributed by atoms with Gasteiger partial charge in [0.1, 0.15) is 0 Å². The summed E-state index contributed by atoms with van der Waals surface area (Å²) >= 11 is 0. The van der Waals surface area contributed by atoms with Crippen LogP contribution in [-0.2, 0) is 6.42 Å². The van der Waals surface area contributed by atoms with Crippen LogP contribution in [0, 0.1) is 6.92 Å². The fourth-order valence-electron chi connectivity index (χ4n) is 2.52. The third kappa shape index (κ3) is 3.06. The topological polar surface area (TPSA) is 59.2 Å². The average molecular weight is 289 g/mol. The van der Waals surface area contributed by atoms with Gasteiger partial charge in [0, 0.05) is 18.8 Å². The van der Waals surface area contributed by atoms with Gasteiger partial charge in [0.05, 0.1) is 16.6 Å². The molecule has 2 rings (SSSR count). The van der Waals surface area contributed by atoms with Gasteiger partial charge in [0.15, 0.2) is 0 Å². The van der Waals surface area contributed by atoms with Crippen molar-refractivity contribution < 1.29 is 9.32 Å². The van der Waals surface area contributed by atoms with Gasteiger partial charge in [-0.1, -0.05) is 25.9 Å². The van der Waals surface area contributed by atoms with Crippen molar-refractivity contribution in [3.8, 4) is 0 Å². The maximum atomic E-state index is 12.9. The summed E-state index contributed by atoms with van der Waals surface area (Å²) in [4.78, 5) is 19.2. The van der Waals surface area contributed by atoms with Crippen LogP contribution < -0.4 is 0 Å². The summed E-state index contributed by atoms with van der Waals surface area (Å²) in [6, 6.07) is 1.88. The van der Waals surface area contributed by atoms with E-state index < -0.39 is 0 Å². The fraction of sp³-hybridized carbons (Fsp3) is 0.562. The molecule has 0 aromatic carbocycles. The number of nitrogens with zero attached hydrogens (tertiary/aromatic N) is 3. The van der Waals surface area contributed by atoms with Crippen LogP contribution in [0.15, 0.2) is 10.6 Å². The predicted molar refractivity (Wildman–Crippen MR) is 82.4 cm³/mol. The molecule has 2 aromatic heterocycles. The molecule has 0 saturated carbocycles. The molecule has 21 heavy (non-hydrogen) atoms. The Bertz CT molecular complexity index is 628. The number of hydrogen-bond acceptors (Lipinski definition) is 4. The first kappa shape index (κ1) is 15.5. The van der Waals surface area contributed by atoms with E-state index in [4.69, 9.17) is 4.52 Å². The Morgan fingerprint density at radius 3 is 2.48 bits per heavy atom. The number of amides is 1. The standard InChI is InChI=1S/C16H23N3O2/c1-5-8-19(9-6-2)16(20)13-10-12(7-3)17-15-14(13)11(4)18-21-15/h10H,5-9H2,1-4H3.